The van der Waals surface area contributed by atoms with Crippen molar-refractivity contribution in [1.82, 2.24) is 14.8 Å². The zero-order chi connectivity index (χ0) is 15.4. The van der Waals surface area contributed by atoms with Gasteiger partial charge in [-0.1, -0.05) is 6.07 Å². The van der Waals surface area contributed by atoms with Gasteiger partial charge in [0.1, 0.15) is 6.10 Å². The number of aromatic nitrogens is 1. The molecule has 2 aliphatic rings. The van der Waals surface area contributed by atoms with Crippen molar-refractivity contribution in [2.24, 2.45) is 5.92 Å². The molecule has 0 bridgehead atoms. The highest BCUT2D eigenvalue weighted by Crippen LogP contribution is 2.22. The summed E-state index contributed by atoms with van der Waals surface area (Å²) in [6, 6.07) is 5.70. The van der Waals surface area contributed by atoms with E-state index in [-0.39, 0.29) is 12.0 Å². The predicted molar refractivity (Wildman–Crippen MR) is 84.7 cm³/mol. The van der Waals surface area contributed by atoms with Crippen LogP contribution in [0.15, 0.2) is 24.4 Å². The molecule has 0 radical (unpaired) electrons. The van der Waals surface area contributed by atoms with E-state index in [2.05, 4.69) is 16.9 Å². The van der Waals surface area contributed by atoms with Crippen LogP contribution in [0.2, 0.25) is 0 Å². The molecule has 0 unspecified atom stereocenters. The van der Waals surface area contributed by atoms with Crippen molar-refractivity contribution in [3.05, 3.63) is 24.4 Å². The van der Waals surface area contributed by atoms with Gasteiger partial charge in [0.05, 0.1) is 5.92 Å². The van der Waals surface area contributed by atoms with Crippen LogP contribution in [0.4, 0.5) is 0 Å². The first-order valence-electron chi connectivity index (χ1n) is 8.27. The van der Waals surface area contributed by atoms with E-state index in [9.17, 15) is 4.79 Å². The zero-order valence-corrected chi connectivity index (χ0v) is 13.3. The van der Waals surface area contributed by atoms with Crippen LogP contribution >= 0.6 is 0 Å². The Labute approximate surface area is 132 Å². The average molecular weight is 303 g/mol. The van der Waals surface area contributed by atoms with Gasteiger partial charge in [-0.05, 0) is 32.5 Å². The van der Waals surface area contributed by atoms with E-state index in [1.54, 1.807) is 6.20 Å². The van der Waals surface area contributed by atoms with Crippen molar-refractivity contribution in [3.63, 3.8) is 0 Å². The Morgan fingerprint density at radius 2 is 2.05 bits per heavy atom. The molecule has 2 aliphatic heterocycles. The summed E-state index contributed by atoms with van der Waals surface area (Å²) in [4.78, 5) is 21.1. The first kappa shape index (κ1) is 15.3. The van der Waals surface area contributed by atoms with Crippen LogP contribution in [0.1, 0.15) is 25.7 Å². The number of likely N-dealkylation sites (tertiary alicyclic amines) is 2. The van der Waals surface area contributed by atoms with Gasteiger partial charge in [-0.15, -0.1) is 0 Å². The first-order chi connectivity index (χ1) is 10.7. The highest BCUT2D eigenvalue weighted by atomic mass is 16.5. The van der Waals surface area contributed by atoms with Crippen LogP contribution in [0.5, 0.6) is 5.88 Å². The van der Waals surface area contributed by atoms with Crippen LogP contribution in [0.25, 0.3) is 0 Å². The second-order valence-electron chi connectivity index (χ2n) is 6.41. The lowest BCUT2D eigenvalue weighted by Gasteiger charge is -2.36. The maximum absolute atomic E-state index is 12.6. The maximum atomic E-state index is 12.6. The molecular formula is C17H25N3O2. The lowest BCUT2D eigenvalue weighted by molar-refractivity contribution is -0.139. The van der Waals surface area contributed by atoms with E-state index in [4.69, 9.17) is 4.74 Å². The molecule has 0 N–H and O–H groups in total. The second-order valence-corrected chi connectivity index (χ2v) is 6.41. The number of hydrogen-bond acceptors (Lipinski definition) is 4. The molecule has 0 spiro atoms. The van der Waals surface area contributed by atoms with Crippen molar-refractivity contribution in [1.29, 1.82) is 0 Å². The van der Waals surface area contributed by atoms with Gasteiger partial charge in [-0.2, -0.15) is 0 Å². The molecule has 1 amide bonds. The fraction of sp³-hybridized carbons (Fsp3) is 0.647. The largest absolute Gasteiger partial charge is 0.474 e. The van der Waals surface area contributed by atoms with Gasteiger partial charge in [0.2, 0.25) is 11.8 Å². The fourth-order valence-electron chi connectivity index (χ4n) is 3.41. The Kier molecular flexibility index (Phi) is 4.93. The third kappa shape index (κ3) is 3.77. The summed E-state index contributed by atoms with van der Waals surface area (Å²) in [7, 11) is 2.10. The van der Waals surface area contributed by atoms with Crippen molar-refractivity contribution in [2.45, 2.75) is 31.8 Å². The smallest absolute Gasteiger partial charge is 0.226 e. The maximum Gasteiger partial charge on any atom is 0.226 e. The van der Waals surface area contributed by atoms with E-state index in [0.717, 1.165) is 51.9 Å². The fourth-order valence-corrected chi connectivity index (χ4v) is 3.41. The van der Waals surface area contributed by atoms with Gasteiger partial charge in [-0.3, -0.25) is 4.79 Å². The molecule has 2 fully saturated rings. The molecule has 1 atom stereocenters. The molecule has 5 nitrogen and oxygen atoms in total. The monoisotopic (exact) mass is 303 g/mol. The Morgan fingerprint density at radius 3 is 2.73 bits per heavy atom. The molecule has 22 heavy (non-hydrogen) atoms. The first-order valence-corrected chi connectivity index (χ1v) is 8.27. The minimum absolute atomic E-state index is 0.174. The summed E-state index contributed by atoms with van der Waals surface area (Å²) in [5.41, 5.74) is 0. The van der Waals surface area contributed by atoms with Gasteiger partial charge in [0.25, 0.3) is 0 Å². The van der Waals surface area contributed by atoms with E-state index >= 15 is 0 Å². The molecule has 3 rings (SSSR count). The normalized spacial score (nSPS) is 24.2. The summed E-state index contributed by atoms with van der Waals surface area (Å²) in [5, 5.41) is 0. The molecular weight excluding hydrogens is 278 g/mol. The van der Waals surface area contributed by atoms with Crippen LogP contribution in [0, 0.1) is 5.92 Å². The molecule has 1 aromatic heterocycles. The lowest BCUT2D eigenvalue weighted by atomic mass is 9.95. The van der Waals surface area contributed by atoms with E-state index in [0.29, 0.717) is 11.8 Å². The second kappa shape index (κ2) is 7.09. The van der Waals surface area contributed by atoms with E-state index < -0.39 is 0 Å². The summed E-state index contributed by atoms with van der Waals surface area (Å²) in [6.07, 6.45) is 5.87. The number of hydrogen-bond donors (Lipinski definition) is 0. The van der Waals surface area contributed by atoms with Crippen molar-refractivity contribution >= 4 is 5.91 Å². The molecule has 2 saturated heterocycles. The minimum Gasteiger partial charge on any atom is -0.474 e. The number of nitrogens with zero attached hydrogens (tertiary/aromatic N) is 3. The highest BCUT2D eigenvalue weighted by molar-refractivity contribution is 5.79. The van der Waals surface area contributed by atoms with Crippen molar-refractivity contribution in [2.75, 3.05) is 33.2 Å². The van der Waals surface area contributed by atoms with Crippen molar-refractivity contribution < 1.29 is 9.53 Å². The minimum atomic E-state index is 0.174. The van der Waals surface area contributed by atoms with E-state index in [1.165, 1.54) is 0 Å². The number of amides is 1. The molecule has 5 heteroatoms. The summed E-state index contributed by atoms with van der Waals surface area (Å²) < 4.78 is 5.89. The number of pyridine rings is 1. The average Bonchev–Trinajstić information content (AvgIpc) is 2.56. The van der Waals surface area contributed by atoms with Crippen LogP contribution in [0.3, 0.4) is 0 Å². The highest BCUT2D eigenvalue weighted by Gasteiger charge is 2.31. The molecule has 3 heterocycles. The number of carbonyl (C=O) groups excluding carboxylic acids is 1. The summed E-state index contributed by atoms with van der Waals surface area (Å²) >= 11 is 0. The number of ether oxygens (including phenoxy) is 1. The Bertz CT molecular complexity index is 486. The predicted octanol–water partition coefficient (Wildman–Crippen LogP) is 1.79. The van der Waals surface area contributed by atoms with Gasteiger partial charge >= 0.3 is 0 Å². The topological polar surface area (TPSA) is 45.7 Å². The molecule has 0 aliphatic carbocycles. The Balaban J connectivity index is 1.48. The van der Waals surface area contributed by atoms with Gasteiger partial charge in [-0.25, -0.2) is 4.98 Å². The number of piperidine rings is 2. The lowest BCUT2D eigenvalue weighted by Crippen LogP contribution is -2.47. The molecule has 1 aromatic rings. The van der Waals surface area contributed by atoms with Gasteiger partial charge < -0.3 is 14.5 Å². The van der Waals surface area contributed by atoms with E-state index in [1.807, 2.05) is 23.1 Å². The molecule has 0 aromatic carbocycles. The van der Waals surface area contributed by atoms with Gasteiger partial charge in [0, 0.05) is 44.7 Å². The molecule has 120 valence electrons. The van der Waals surface area contributed by atoms with Crippen LogP contribution in [-0.4, -0.2) is 60.0 Å². The number of rotatable bonds is 3. The third-order valence-electron chi connectivity index (χ3n) is 4.65. The zero-order valence-electron chi connectivity index (χ0n) is 13.3. The van der Waals surface area contributed by atoms with Crippen molar-refractivity contribution in [3.8, 4) is 5.88 Å². The Morgan fingerprint density at radius 1 is 1.23 bits per heavy atom. The summed E-state index contributed by atoms with van der Waals surface area (Å²) in [6.45, 7) is 3.63. The molecule has 0 saturated carbocycles. The van der Waals surface area contributed by atoms with Crippen LogP contribution < -0.4 is 4.74 Å². The SMILES string of the molecule is CN1CCC[C@@H](C(=O)N2CCC(Oc3ccccn3)CC2)C1. The summed E-state index contributed by atoms with van der Waals surface area (Å²) in [5.74, 6) is 1.20. The quantitative estimate of drug-likeness (QED) is 0.854. The number of carbonyl (C=O) groups is 1. The standard InChI is InChI=1S/C17H25N3O2/c1-19-10-4-5-14(13-19)17(21)20-11-7-15(8-12-20)22-16-6-2-3-9-18-16/h2-3,6,9,14-15H,4-5,7-8,10-13H2,1H3/t14-/m1/s1. The Hall–Kier alpha value is -1.62. The van der Waals surface area contributed by atoms with Gasteiger partial charge in [0.15, 0.2) is 0 Å². The van der Waals surface area contributed by atoms with Crippen LogP contribution in [-0.2, 0) is 4.79 Å². The third-order valence-corrected chi connectivity index (χ3v) is 4.65.